The predicted molar refractivity (Wildman–Crippen MR) is 107 cm³/mol. The SMILES string of the molecule is Cn1cc(S(=O)(=O)N2CCCC2)cc1C(=O)NC1(c2ccc(F)cc2)CCCC1. The van der Waals surface area contributed by atoms with Crippen molar-refractivity contribution in [2.24, 2.45) is 7.05 Å². The van der Waals surface area contributed by atoms with E-state index < -0.39 is 15.6 Å². The highest BCUT2D eigenvalue weighted by Gasteiger charge is 2.38. The molecule has 0 radical (unpaired) electrons. The van der Waals surface area contributed by atoms with Gasteiger partial charge in [0, 0.05) is 26.3 Å². The number of aryl methyl sites for hydroxylation is 1. The smallest absolute Gasteiger partial charge is 0.268 e. The second kappa shape index (κ2) is 7.57. The minimum absolute atomic E-state index is 0.148. The van der Waals surface area contributed by atoms with Gasteiger partial charge in [0.2, 0.25) is 10.0 Å². The van der Waals surface area contributed by atoms with Crippen molar-refractivity contribution in [3.05, 3.63) is 53.6 Å². The molecule has 4 rings (SSSR count). The van der Waals surface area contributed by atoms with Gasteiger partial charge in [-0.3, -0.25) is 4.79 Å². The van der Waals surface area contributed by atoms with Crippen LogP contribution in [0.3, 0.4) is 0 Å². The van der Waals surface area contributed by atoms with Gasteiger partial charge < -0.3 is 9.88 Å². The number of nitrogens with one attached hydrogen (secondary N) is 1. The van der Waals surface area contributed by atoms with Gasteiger partial charge in [-0.2, -0.15) is 4.31 Å². The second-order valence-electron chi connectivity index (χ2n) is 8.03. The van der Waals surface area contributed by atoms with Crippen molar-refractivity contribution in [1.82, 2.24) is 14.2 Å². The zero-order valence-corrected chi connectivity index (χ0v) is 17.3. The van der Waals surface area contributed by atoms with Gasteiger partial charge in [0.05, 0.1) is 5.54 Å². The Bertz CT molecular complexity index is 1000. The average Bonchev–Trinajstić information content (AvgIpc) is 3.43. The summed E-state index contributed by atoms with van der Waals surface area (Å²) in [5.74, 6) is -0.631. The number of aromatic nitrogens is 1. The summed E-state index contributed by atoms with van der Waals surface area (Å²) in [5.41, 5.74) is 0.628. The lowest BCUT2D eigenvalue weighted by atomic mass is 9.88. The molecular weight excluding hydrogens is 393 g/mol. The molecule has 2 aromatic rings. The molecule has 1 saturated heterocycles. The number of halogens is 1. The molecule has 6 nitrogen and oxygen atoms in total. The highest BCUT2D eigenvalue weighted by molar-refractivity contribution is 7.89. The third-order valence-electron chi connectivity index (χ3n) is 6.12. The topological polar surface area (TPSA) is 71.4 Å². The third-order valence-corrected chi connectivity index (χ3v) is 7.99. The van der Waals surface area contributed by atoms with Gasteiger partial charge in [-0.1, -0.05) is 25.0 Å². The van der Waals surface area contributed by atoms with E-state index in [4.69, 9.17) is 0 Å². The van der Waals surface area contributed by atoms with Crippen LogP contribution in [0.2, 0.25) is 0 Å². The molecule has 0 unspecified atom stereocenters. The van der Waals surface area contributed by atoms with E-state index in [9.17, 15) is 17.6 Å². The second-order valence-corrected chi connectivity index (χ2v) is 9.97. The molecule has 0 bridgehead atoms. The fourth-order valence-corrected chi connectivity index (χ4v) is 6.08. The maximum atomic E-state index is 13.4. The van der Waals surface area contributed by atoms with Crippen molar-refractivity contribution in [3.63, 3.8) is 0 Å². The standard InChI is InChI=1S/C21H26FN3O3S/c1-24-15-18(29(27,28)25-12-4-5-13-25)14-19(24)20(26)23-21(10-2-3-11-21)16-6-8-17(22)9-7-16/h6-9,14-15H,2-5,10-13H2,1H3,(H,23,26). The number of benzene rings is 1. The van der Waals surface area contributed by atoms with Gasteiger partial charge in [-0.15, -0.1) is 0 Å². The van der Waals surface area contributed by atoms with Gasteiger partial charge >= 0.3 is 0 Å². The van der Waals surface area contributed by atoms with Gasteiger partial charge in [-0.25, -0.2) is 12.8 Å². The molecule has 2 aliphatic rings. The monoisotopic (exact) mass is 419 g/mol. The minimum Gasteiger partial charge on any atom is -0.345 e. The molecule has 1 aliphatic carbocycles. The van der Waals surface area contributed by atoms with E-state index >= 15 is 0 Å². The Morgan fingerprint density at radius 1 is 1.07 bits per heavy atom. The lowest BCUT2D eigenvalue weighted by Gasteiger charge is -2.31. The fraction of sp³-hybridized carbons (Fsp3) is 0.476. The van der Waals surface area contributed by atoms with Crippen LogP contribution in [0.1, 0.15) is 54.6 Å². The van der Waals surface area contributed by atoms with Crippen LogP contribution >= 0.6 is 0 Å². The first-order valence-electron chi connectivity index (χ1n) is 10.1. The Labute approximate surface area is 170 Å². The van der Waals surface area contributed by atoms with Crippen LogP contribution in [0.15, 0.2) is 41.4 Å². The Kier molecular flexibility index (Phi) is 5.25. The van der Waals surface area contributed by atoms with E-state index in [1.54, 1.807) is 23.7 Å². The molecule has 2 fully saturated rings. The number of nitrogens with zero attached hydrogens (tertiary/aromatic N) is 2. The van der Waals surface area contributed by atoms with Crippen molar-refractivity contribution < 1.29 is 17.6 Å². The summed E-state index contributed by atoms with van der Waals surface area (Å²) < 4.78 is 42.1. The highest BCUT2D eigenvalue weighted by atomic mass is 32.2. The summed E-state index contributed by atoms with van der Waals surface area (Å²) in [6.07, 6.45) is 6.71. The number of hydrogen-bond donors (Lipinski definition) is 1. The van der Waals surface area contributed by atoms with Crippen LogP contribution < -0.4 is 5.32 Å². The summed E-state index contributed by atoms with van der Waals surface area (Å²) in [6, 6.07) is 7.70. The molecule has 1 aliphatic heterocycles. The average molecular weight is 420 g/mol. The molecule has 29 heavy (non-hydrogen) atoms. The lowest BCUT2D eigenvalue weighted by Crippen LogP contribution is -2.44. The van der Waals surface area contributed by atoms with Gasteiger partial charge in [-0.05, 0) is 49.4 Å². The number of sulfonamides is 1. The molecule has 1 aromatic carbocycles. The van der Waals surface area contributed by atoms with Gasteiger partial charge in [0.25, 0.3) is 5.91 Å². The summed E-state index contributed by atoms with van der Waals surface area (Å²) in [5, 5.41) is 3.13. The van der Waals surface area contributed by atoms with Crippen molar-refractivity contribution in [2.75, 3.05) is 13.1 Å². The molecule has 2 heterocycles. The molecular formula is C21H26FN3O3S. The molecule has 8 heteroatoms. The summed E-state index contributed by atoms with van der Waals surface area (Å²) in [7, 11) is -1.90. The minimum atomic E-state index is -3.58. The predicted octanol–water partition coefficient (Wildman–Crippen LogP) is 3.15. The number of rotatable bonds is 5. The molecule has 1 N–H and O–H groups in total. The molecule has 156 valence electrons. The van der Waals surface area contributed by atoms with E-state index in [0.717, 1.165) is 44.1 Å². The third kappa shape index (κ3) is 3.71. The molecule has 1 saturated carbocycles. The maximum Gasteiger partial charge on any atom is 0.268 e. The molecule has 1 amide bonds. The van der Waals surface area contributed by atoms with Gasteiger partial charge in [0.1, 0.15) is 16.4 Å². The first kappa shape index (κ1) is 20.1. The number of amides is 1. The van der Waals surface area contributed by atoms with Crippen LogP contribution in [-0.2, 0) is 22.6 Å². The maximum absolute atomic E-state index is 13.4. The summed E-state index contributed by atoms with van der Waals surface area (Å²) in [6.45, 7) is 1.04. The first-order valence-corrected chi connectivity index (χ1v) is 11.5. The zero-order valence-electron chi connectivity index (χ0n) is 16.5. The van der Waals surface area contributed by atoms with Crippen LogP contribution in [-0.4, -0.2) is 36.3 Å². The van der Waals surface area contributed by atoms with E-state index in [1.807, 2.05) is 0 Å². The van der Waals surface area contributed by atoms with Crippen molar-refractivity contribution >= 4 is 15.9 Å². The highest BCUT2D eigenvalue weighted by Crippen LogP contribution is 2.39. The first-order chi connectivity index (χ1) is 13.8. The normalized spacial score (nSPS) is 19.5. The summed E-state index contributed by atoms with van der Waals surface area (Å²) >= 11 is 0. The van der Waals surface area contributed by atoms with E-state index in [-0.39, 0.29) is 16.6 Å². The zero-order chi connectivity index (χ0) is 20.6. The van der Waals surface area contributed by atoms with Gasteiger partial charge in [0.15, 0.2) is 0 Å². The Morgan fingerprint density at radius 2 is 1.69 bits per heavy atom. The van der Waals surface area contributed by atoms with Crippen LogP contribution in [0.25, 0.3) is 0 Å². The quantitative estimate of drug-likeness (QED) is 0.809. The van der Waals surface area contributed by atoms with Crippen molar-refractivity contribution in [1.29, 1.82) is 0 Å². The largest absolute Gasteiger partial charge is 0.345 e. The molecule has 0 atom stereocenters. The van der Waals surface area contributed by atoms with Crippen molar-refractivity contribution in [3.8, 4) is 0 Å². The number of hydrogen-bond acceptors (Lipinski definition) is 3. The lowest BCUT2D eigenvalue weighted by molar-refractivity contribution is 0.0889. The fourth-order valence-electron chi connectivity index (χ4n) is 4.49. The van der Waals surface area contributed by atoms with E-state index in [1.165, 1.54) is 28.7 Å². The summed E-state index contributed by atoms with van der Waals surface area (Å²) in [4.78, 5) is 13.3. The number of carbonyl (C=O) groups excluding carboxylic acids is 1. The van der Waals surface area contributed by atoms with Crippen LogP contribution in [0.5, 0.6) is 0 Å². The van der Waals surface area contributed by atoms with Crippen molar-refractivity contribution in [2.45, 2.75) is 49.0 Å². The Hall–Kier alpha value is -2.19. The van der Waals surface area contributed by atoms with Crippen LogP contribution in [0.4, 0.5) is 4.39 Å². The van der Waals surface area contributed by atoms with E-state index in [2.05, 4.69) is 5.32 Å². The Morgan fingerprint density at radius 3 is 2.31 bits per heavy atom. The Balaban J connectivity index is 1.61. The number of carbonyl (C=O) groups is 1. The molecule has 1 aromatic heterocycles. The van der Waals surface area contributed by atoms with E-state index in [0.29, 0.717) is 18.8 Å². The molecule has 0 spiro atoms. The van der Waals surface area contributed by atoms with Crippen LogP contribution in [0, 0.1) is 5.82 Å².